The number of carbonyl (C=O) groups excluding carboxylic acids is 1. The summed E-state index contributed by atoms with van der Waals surface area (Å²) in [6.07, 6.45) is 2.45. The monoisotopic (exact) mass is 277 g/mol. The summed E-state index contributed by atoms with van der Waals surface area (Å²) in [6, 6.07) is 10.8. The fourth-order valence-corrected chi connectivity index (χ4v) is 1.58. The summed E-state index contributed by atoms with van der Waals surface area (Å²) < 4.78 is 0. The molecule has 0 unspecified atom stereocenters. The summed E-state index contributed by atoms with van der Waals surface area (Å²) in [7, 11) is 0. The lowest BCUT2D eigenvalue weighted by Crippen LogP contribution is -1.90. The molecule has 2 rings (SSSR count). The number of hydrogen-bond acceptors (Lipinski definition) is 2. The van der Waals surface area contributed by atoms with Gasteiger partial charge in [0.05, 0.1) is 5.69 Å². The van der Waals surface area contributed by atoms with Gasteiger partial charge in [-0.15, -0.1) is 0 Å². The highest BCUT2D eigenvalue weighted by Gasteiger charge is 2.04. The molecule has 0 bridgehead atoms. The van der Waals surface area contributed by atoms with Crippen molar-refractivity contribution in [2.45, 2.75) is 27.7 Å². The SMILES string of the molecule is CC.CC.O=Cc1cccnc1-c1cccc(Cl)c1. The van der Waals surface area contributed by atoms with Crippen LogP contribution in [0.4, 0.5) is 0 Å². The number of pyridine rings is 1. The first-order valence-electron chi connectivity index (χ1n) is 6.47. The highest BCUT2D eigenvalue weighted by molar-refractivity contribution is 6.30. The number of benzene rings is 1. The van der Waals surface area contributed by atoms with Gasteiger partial charge in [-0.2, -0.15) is 0 Å². The van der Waals surface area contributed by atoms with Crippen molar-refractivity contribution < 1.29 is 4.79 Å². The Morgan fingerprint density at radius 2 is 1.74 bits per heavy atom. The lowest BCUT2D eigenvalue weighted by atomic mass is 10.1. The summed E-state index contributed by atoms with van der Waals surface area (Å²) >= 11 is 5.87. The Bertz CT molecular complexity index is 498. The van der Waals surface area contributed by atoms with Crippen molar-refractivity contribution in [2.75, 3.05) is 0 Å². The molecule has 0 N–H and O–H groups in total. The van der Waals surface area contributed by atoms with Crippen LogP contribution in [0.5, 0.6) is 0 Å². The zero-order chi connectivity index (χ0) is 14.7. The minimum atomic E-state index is 0.569. The number of aldehydes is 1. The van der Waals surface area contributed by atoms with Crippen LogP contribution in [-0.4, -0.2) is 11.3 Å². The Morgan fingerprint density at radius 1 is 1.05 bits per heavy atom. The molecule has 0 amide bonds. The molecule has 0 radical (unpaired) electrons. The smallest absolute Gasteiger partial charge is 0.152 e. The minimum absolute atomic E-state index is 0.569. The number of halogens is 1. The average Bonchev–Trinajstić information content (AvgIpc) is 2.51. The van der Waals surface area contributed by atoms with E-state index in [0.29, 0.717) is 16.3 Å². The highest BCUT2D eigenvalue weighted by atomic mass is 35.5. The molecule has 0 saturated heterocycles. The maximum absolute atomic E-state index is 10.8. The van der Waals surface area contributed by atoms with E-state index >= 15 is 0 Å². The average molecular weight is 278 g/mol. The van der Waals surface area contributed by atoms with Crippen molar-refractivity contribution in [3.63, 3.8) is 0 Å². The molecule has 0 atom stereocenters. The molecular formula is C16H20ClNO. The Morgan fingerprint density at radius 3 is 2.32 bits per heavy atom. The number of carbonyl (C=O) groups is 1. The van der Waals surface area contributed by atoms with Gasteiger partial charge in [-0.05, 0) is 24.3 Å². The lowest BCUT2D eigenvalue weighted by molar-refractivity contribution is 0.112. The summed E-state index contributed by atoms with van der Waals surface area (Å²) in [5.41, 5.74) is 2.08. The highest BCUT2D eigenvalue weighted by Crippen LogP contribution is 2.22. The molecule has 0 aliphatic rings. The Hall–Kier alpha value is -1.67. The standard InChI is InChI=1S/C12H8ClNO.2C2H6/c13-11-5-1-3-9(7-11)12-10(8-15)4-2-6-14-12;2*1-2/h1-8H;2*1-2H3. The van der Waals surface area contributed by atoms with E-state index in [9.17, 15) is 4.79 Å². The zero-order valence-corrected chi connectivity index (χ0v) is 12.6. The first kappa shape index (κ1) is 17.3. The van der Waals surface area contributed by atoms with Crippen LogP contribution >= 0.6 is 11.6 Å². The topological polar surface area (TPSA) is 30.0 Å². The van der Waals surface area contributed by atoms with Crippen molar-refractivity contribution >= 4 is 17.9 Å². The fraction of sp³-hybridized carbons (Fsp3) is 0.250. The molecule has 0 saturated carbocycles. The fourth-order valence-electron chi connectivity index (χ4n) is 1.39. The van der Waals surface area contributed by atoms with Crippen molar-refractivity contribution in [3.8, 4) is 11.3 Å². The third-order valence-electron chi connectivity index (χ3n) is 2.06. The van der Waals surface area contributed by atoms with Gasteiger partial charge < -0.3 is 0 Å². The summed E-state index contributed by atoms with van der Waals surface area (Å²) in [5.74, 6) is 0. The van der Waals surface area contributed by atoms with Crippen molar-refractivity contribution in [1.82, 2.24) is 4.98 Å². The van der Waals surface area contributed by atoms with E-state index in [4.69, 9.17) is 11.6 Å². The Kier molecular flexibility index (Phi) is 9.37. The summed E-state index contributed by atoms with van der Waals surface area (Å²) in [5, 5.41) is 0.634. The van der Waals surface area contributed by atoms with Gasteiger partial charge in [-0.25, -0.2) is 0 Å². The van der Waals surface area contributed by atoms with Gasteiger partial charge in [0.15, 0.2) is 6.29 Å². The number of aromatic nitrogens is 1. The second kappa shape index (κ2) is 10.3. The molecule has 0 spiro atoms. The van der Waals surface area contributed by atoms with Crippen LogP contribution in [0, 0.1) is 0 Å². The van der Waals surface area contributed by atoms with Gasteiger partial charge in [-0.1, -0.05) is 51.4 Å². The second-order valence-electron chi connectivity index (χ2n) is 3.07. The van der Waals surface area contributed by atoms with Crippen LogP contribution in [0.1, 0.15) is 38.1 Å². The van der Waals surface area contributed by atoms with E-state index in [2.05, 4.69) is 4.98 Å². The van der Waals surface area contributed by atoms with Crippen LogP contribution in [-0.2, 0) is 0 Å². The first-order chi connectivity index (χ1) is 9.31. The molecule has 1 heterocycles. The van der Waals surface area contributed by atoms with Crippen molar-refractivity contribution in [2.24, 2.45) is 0 Å². The predicted octanol–water partition coefficient (Wildman–Crippen LogP) is 5.27. The van der Waals surface area contributed by atoms with E-state index in [1.54, 1.807) is 30.5 Å². The minimum Gasteiger partial charge on any atom is -0.298 e. The largest absolute Gasteiger partial charge is 0.298 e. The first-order valence-corrected chi connectivity index (χ1v) is 6.85. The maximum atomic E-state index is 10.8. The van der Waals surface area contributed by atoms with Crippen LogP contribution in [0.15, 0.2) is 42.6 Å². The molecule has 0 aliphatic carbocycles. The molecule has 1 aromatic heterocycles. The predicted molar refractivity (Wildman–Crippen MR) is 82.8 cm³/mol. The summed E-state index contributed by atoms with van der Waals surface area (Å²) in [4.78, 5) is 15.0. The van der Waals surface area contributed by atoms with Crippen LogP contribution < -0.4 is 0 Å². The van der Waals surface area contributed by atoms with Crippen molar-refractivity contribution in [3.05, 3.63) is 53.2 Å². The van der Waals surface area contributed by atoms with Gasteiger partial charge in [0.25, 0.3) is 0 Å². The third-order valence-corrected chi connectivity index (χ3v) is 2.30. The molecule has 0 fully saturated rings. The molecule has 1 aromatic carbocycles. The quantitative estimate of drug-likeness (QED) is 0.700. The third kappa shape index (κ3) is 5.23. The van der Waals surface area contributed by atoms with Gasteiger partial charge in [-0.3, -0.25) is 9.78 Å². The van der Waals surface area contributed by atoms with Gasteiger partial charge >= 0.3 is 0 Å². The number of nitrogens with zero attached hydrogens (tertiary/aromatic N) is 1. The lowest BCUT2D eigenvalue weighted by Gasteiger charge is -2.03. The number of rotatable bonds is 2. The maximum Gasteiger partial charge on any atom is 0.152 e. The van der Waals surface area contributed by atoms with E-state index in [0.717, 1.165) is 11.8 Å². The van der Waals surface area contributed by atoms with Crippen LogP contribution in [0.2, 0.25) is 5.02 Å². The second-order valence-corrected chi connectivity index (χ2v) is 3.51. The summed E-state index contributed by atoms with van der Waals surface area (Å²) in [6.45, 7) is 8.00. The number of hydrogen-bond donors (Lipinski definition) is 0. The Labute approximate surface area is 120 Å². The van der Waals surface area contributed by atoms with E-state index in [-0.39, 0.29) is 0 Å². The molecule has 102 valence electrons. The molecule has 3 heteroatoms. The van der Waals surface area contributed by atoms with E-state index < -0.39 is 0 Å². The van der Waals surface area contributed by atoms with Gasteiger partial charge in [0.1, 0.15) is 0 Å². The normalized spacial score (nSPS) is 8.47. The van der Waals surface area contributed by atoms with E-state index in [1.165, 1.54) is 0 Å². The Balaban J connectivity index is 0.000000741. The molecule has 2 aromatic rings. The zero-order valence-electron chi connectivity index (χ0n) is 11.9. The molecule has 19 heavy (non-hydrogen) atoms. The van der Waals surface area contributed by atoms with Crippen LogP contribution in [0.25, 0.3) is 11.3 Å². The van der Waals surface area contributed by atoms with Crippen molar-refractivity contribution in [1.29, 1.82) is 0 Å². The molecule has 0 aliphatic heterocycles. The van der Waals surface area contributed by atoms with E-state index in [1.807, 2.05) is 39.8 Å². The molecule has 2 nitrogen and oxygen atoms in total. The van der Waals surface area contributed by atoms with Crippen LogP contribution in [0.3, 0.4) is 0 Å². The molecular weight excluding hydrogens is 258 g/mol. The van der Waals surface area contributed by atoms with Gasteiger partial charge in [0, 0.05) is 22.3 Å². The van der Waals surface area contributed by atoms with Gasteiger partial charge in [0.2, 0.25) is 0 Å².